The van der Waals surface area contributed by atoms with Crippen molar-refractivity contribution in [1.82, 2.24) is 14.5 Å². The Bertz CT molecular complexity index is 857. The zero-order valence-electron chi connectivity index (χ0n) is 15.4. The largest absolute Gasteiger partial charge is 0.459 e. The van der Waals surface area contributed by atoms with Crippen LogP contribution < -0.4 is 4.72 Å². The summed E-state index contributed by atoms with van der Waals surface area (Å²) in [6.45, 7) is 5.54. The molecule has 0 spiro atoms. The summed E-state index contributed by atoms with van der Waals surface area (Å²) in [5.74, 6) is 0.247. The highest BCUT2D eigenvalue weighted by atomic mass is 32.2. The van der Waals surface area contributed by atoms with Crippen LogP contribution in [0.4, 0.5) is 0 Å². The molecule has 27 heavy (non-hydrogen) atoms. The number of hydrogen-bond donors (Lipinski definition) is 1. The van der Waals surface area contributed by atoms with E-state index >= 15 is 0 Å². The van der Waals surface area contributed by atoms with Gasteiger partial charge in [0.25, 0.3) is 5.91 Å². The van der Waals surface area contributed by atoms with Crippen molar-refractivity contribution in [2.75, 3.05) is 39.3 Å². The van der Waals surface area contributed by atoms with E-state index in [2.05, 4.69) is 9.62 Å². The molecule has 1 N–H and O–H groups in total. The van der Waals surface area contributed by atoms with Gasteiger partial charge in [0.05, 0.1) is 12.0 Å². The summed E-state index contributed by atoms with van der Waals surface area (Å²) in [6, 6.07) is 10.9. The second kappa shape index (κ2) is 8.69. The number of sulfonamides is 1. The molecule has 3 rings (SSSR count). The summed E-state index contributed by atoms with van der Waals surface area (Å²) in [5, 5.41) is 0. The molecule has 0 atom stereocenters. The van der Waals surface area contributed by atoms with Crippen LogP contribution in [-0.4, -0.2) is 63.4 Å². The van der Waals surface area contributed by atoms with Crippen molar-refractivity contribution in [3.8, 4) is 0 Å². The molecule has 0 bridgehead atoms. The zero-order chi connectivity index (χ0) is 19.3. The summed E-state index contributed by atoms with van der Waals surface area (Å²) in [5.41, 5.74) is 1.79. The van der Waals surface area contributed by atoms with Crippen molar-refractivity contribution in [1.29, 1.82) is 0 Å². The number of carbonyl (C=O) groups is 1. The number of rotatable bonds is 7. The number of aryl methyl sites for hydroxylation is 1. The number of hydrogen-bond acceptors (Lipinski definition) is 5. The van der Waals surface area contributed by atoms with Crippen LogP contribution in [0.1, 0.15) is 21.7 Å². The lowest BCUT2D eigenvalue weighted by molar-refractivity contribution is 0.0609. The number of nitrogens with zero attached hydrogens (tertiary/aromatic N) is 2. The fourth-order valence-electron chi connectivity index (χ4n) is 3.12. The molecule has 1 aliphatic heterocycles. The number of benzene rings is 1. The molecule has 0 unspecified atom stereocenters. The highest BCUT2D eigenvalue weighted by Gasteiger charge is 2.23. The number of carbonyl (C=O) groups excluding carboxylic acids is 1. The first kappa shape index (κ1) is 19.6. The summed E-state index contributed by atoms with van der Waals surface area (Å²) in [4.78, 5) is 16.2. The predicted molar refractivity (Wildman–Crippen MR) is 103 cm³/mol. The molecular formula is C19H25N3O4S. The molecule has 2 aromatic rings. The molecule has 2 heterocycles. The highest BCUT2D eigenvalue weighted by Crippen LogP contribution is 2.11. The standard InChI is InChI=1S/C19H25N3O4S/c1-16-5-2-3-6-17(16)15-27(24,25)20-8-9-21-10-12-22(13-11-21)19(23)18-7-4-14-26-18/h2-7,14,20H,8-13,15H2,1H3. The van der Waals surface area contributed by atoms with Crippen LogP contribution in [0.3, 0.4) is 0 Å². The van der Waals surface area contributed by atoms with Gasteiger partial charge in [-0.05, 0) is 30.2 Å². The van der Waals surface area contributed by atoms with Gasteiger partial charge < -0.3 is 9.32 Å². The van der Waals surface area contributed by atoms with Gasteiger partial charge in [-0.2, -0.15) is 0 Å². The van der Waals surface area contributed by atoms with Crippen molar-refractivity contribution >= 4 is 15.9 Å². The maximum absolute atomic E-state index is 12.3. The van der Waals surface area contributed by atoms with E-state index in [0.717, 1.165) is 11.1 Å². The Morgan fingerprint density at radius 2 is 1.85 bits per heavy atom. The van der Waals surface area contributed by atoms with Gasteiger partial charge in [0, 0.05) is 39.3 Å². The molecule has 0 radical (unpaired) electrons. The Balaban J connectivity index is 1.41. The average molecular weight is 391 g/mol. The molecule has 1 aromatic heterocycles. The Hall–Kier alpha value is -2.16. The first-order chi connectivity index (χ1) is 12.9. The second-order valence-corrected chi connectivity index (χ2v) is 8.50. The smallest absolute Gasteiger partial charge is 0.289 e. The van der Waals surface area contributed by atoms with Crippen molar-refractivity contribution in [2.45, 2.75) is 12.7 Å². The van der Waals surface area contributed by atoms with E-state index in [1.54, 1.807) is 17.0 Å². The predicted octanol–water partition coefficient (Wildman–Crippen LogP) is 1.47. The SMILES string of the molecule is Cc1ccccc1CS(=O)(=O)NCCN1CCN(C(=O)c2ccco2)CC1. The molecule has 7 nitrogen and oxygen atoms in total. The van der Waals surface area contributed by atoms with Crippen LogP contribution in [0.5, 0.6) is 0 Å². The monoisotopic (exact) mass is 391 g/mol. The summed E-state index contributed by atoms with van der Waals surface area (Å²) >= 11 is 0. The number of nitrogens with one attached hydrogen (secondary N) is 1. The van der Waals surface area contributed by atoms with Gasteiger partial charge in [0.2, 0.25) is 10.0 Å². The molecule has 1 amide bonds. The third kappa shape index (κ3) is 5.41. The Morgan fingerprint density at radius 3 is 2.52 bits per heavy atom. The van der Waals surface area contributed by atoms with Crippen LogP contribution in [0.25, 0.3) is 0 Å². The normalized spacial score (nSPS) is 15.8. The second-order valence-electron chi connectivity index (χ2n) is 6.69. The first-order valence-electron chi connectivity index (χ1n) is 9.01. The van der Waals surface area contributed by atoms with E-state index in [1.165, 1.54) is 6.26 Å². The molecule has 1 aliphatic rings. The fraction of sp³-hybridized carbons (Fsp3) is 0.421. The topological polar surface area (TPSA) is 82.9 Å². The molecule has 1 saturated heterocycles. The van der Waals surface area contributed by atoms with E-state index in [1.807, 2.05) is 31.2 Å². The minimum atomic E-state index is -3.37. The molecule has 1 aromatic carbocycles. The van der Waals surface area contributed by atoms with Gasteiger partial charge in [-0.15, -0.1) is 0 Å². The lowest BCUT2D eigenvalue weighted by atomic mass is 10.1. The number of furan rings is 1. The van der Waals surface area contributed by atoms with E-state index in [-0.39, 0.29) is 11.7 Å². The zero-order valence-corrected chi connectivity index (χ0v) is 16.2. The maximum atomic E-state index is 12.3. The van der Waals surface area contributed by atoms with Crippen molar-refractivity contribution in [3.63, 3.8) is 0 Å². The van der Waals surface area contributed by atoms with Crippen LogP contribution in [0.2, 0.25) is 0 Å². The van der Waals surface area contributed by atoms with Gasteiger partial charge >= 0.3 is 0 Å². The Kier molecular flexibility index (Phi) is 6.30. The van der Waals surface area contributed by atoms with E-state index in [0.29, 0.717) is 45.0 Å². The minimum absolute atomic E-state index is 0.00883. The lowest BCUT2D eigenvalue weighted by Crippen LogP contribution is -2.50. The van der Waals surface area contributed by atoms with E-state index in [9.17, 15) is 13.2 Å². The van der Waals surface area contributed by atoms with E-state index in [4.69, 9.17) is 4.42 Å². The quantitative estimate of drug-likeness (QED) is 0.773. The van der Waals surface area contributed by atoms with Gasteiger partial charge in [-0.3, -0.25) is 9.69 Å². The maximum Gasteiger partial charge on any atom is 0.289 e. The van der Waals surface area contributed by atoms with Crippen LogP contribution >= 0.6 is 0 Å². The minimum Gasteiger partial charge on any atom is -0.459 e. The third-order valence-electron chi connectivity index (χ3n) is 4.75. The summed E-state index contributed by atoms with van der Waals surface area (Å²) < 4.78 is 32.4. The van der Waals surface area contributed by atoms with Crippen molar-refractivity contribution < 1.29 is 17.6 Å². The number of piperazine rings is 1. The average Bonchev–Trinajstić information content (AvgIpc) is 3.18. The molecular weight excluding hydrogens is 366 g/mol. The molecule has 0 aliphatic carbocycles. The lowest BCUT2D eigenvalue weighted by Gasteiger charge is -2.34. The summed E-state index contributed by atoms with van der Waals surface area (Å²) in [6.07, 6.45) is 1.49. The van der Waals surface area contributed by atoms with Gasteiger partial charge in [-0.1, -0.05) is 24.3 Å². The Labute approximate surface area is 160 Å². The van der Waals surface area contributed by atoms with Crippen LogP contribution in [-0.2, 0) is 15.8 Å². The highest BCUT2D eigenvalue weighted by molar-refractivity contribution is 7.88. The molecule has 1 fully saturated rings. The van der Waals surface area contributed by atoms with Crippen molar-refractivity contribution in [2.24, 2.45) is 0 Å². The van der Waals surface area contributed by atoms with Gasteiger partial charge in [0.15, 0.2) is 5.76 Å². The van der Waals surface area contributed by atoms with Crippen LogP contribution in [0.15, 0.2) is 47.1 Å². The third-order valence-corrected chi connectivity index (χ3v) is 6.08. The molecule has 0 saturated carbocycles. The van der Waals surface area contributed by atoms with Crippen LogP contribution in [0, 0.1) is 6.92 Å². The first-order valence-corrected chi connectivity index (χ1v) is 10.7. The van der Waals surface area contributed by atoms with Gasteiger partial charge in [0.1, 0.15) is 0 Å². The molecule has 146 valence electrons. The Morgan fingerprint density at radius 1 is 1.11 bits per heavy atom. The summed E-state index contributed by atoms with van der Waals surface area (Å²) in [7, 11) is -3.37. The van der Waals surface area contributed by atoms with Gasteiger partial charge in [-0.25, -0.2) is 13.1 Å². The fourth-order valence-corrected chi connectivity index (χ4v) is 4.36. The molecule has 8 heteroatoms. The number of amides is 1. The van der Waals surface area contributed by atoms with E-state index < -0.39 is 10.0 Å². The van der Waals surface area contributed by atoms with Crippen molar-refractivity contribution in [3.05, 3.63) is 59.5 Å².